The molecule has 9 heteroatoms. The number of amides is 1. The van der Waals surface area contributed by atoms with Crippen molar-refractivity contribution in [1.82, 2.24) is 9.88 Å². The quantitative estimate of drug-likeness (QED) is 0.829. The number of ether oxygens (including phenoxy) is 1. The molecule has 0 spiro atoms. The second-order valence-corrected chi connectivity index (χ2v) is 6.37. The van der Waals surface area contributed by atoms with Gasteiger partial charge in [0.1, 0.15) is 5.75 Å². The molecule has 0 aliphatic carbocycles. The molecule has 134 valence electrons. The minimum absolute atomic E-state index is 0.0320. The number of carbonyl (C=O) groups excluding carboxylic acids is 1. The van der Waals surface area contributed by atoms with Crippen molar-refractivity contribution in [2.45, 2.75) is 6.18 Å². The molecule has 0 atom stereocenters. The number of rotatable bonds is 4. The zero-order valence-corrected chi connectivity index (χ0v) is 14.0. The van der Waals surface area contributed by atoms with E-state index < -0.39 is 11.7 Å². The summed E-state index contributed by atoms with van der Waals surface area (Å²) in [5.74, 6) is -0.208. The van der Waals surface area contributed by atoms with Crippen LogP contribution in [0.2, 0.25) is 0 Å². The molecule has 2 heterocycles. The molecule has 1 aromatic carbocycles. The molecule has 0 unspecified atom stereocenters. The molecule has 3 rings (SSSR count). The number of alkyl halides is 3. The van der Waals surface area contributed by atoms with Gasteiger partial charge in [-0.1, -0.05) is 6.07 Å². The molecule has 1 aliphatic rings. The number of thiazole rings is 1. The Hall–Kier alpha value is -2.29. The van der Waals surface area contributed by atoms with Crippen LogP contribution in [-0.4, -0.2) is 48.6 Å². The van der Waals surface area contributed by atoms with Gasteiger partial charge in [-0.15, -0.1) is 11.3 Å². The van der Waals surface area contributed by atoms with Crippen molar-refractivity contribution in [1.29, 1.82) is 0 Å². The second-order valence-electron chi connectivity index (χ2n) is 5.50. The maximum atomic E-state index is 12.7. The number of piperazine rings is 1. The van der Waals surface area contributed by atoms with Gasteiger partial charge in [-0.25, -0.2) is 4.98 Å². The number of anilines is 1. The van der Waals surface area contributed by atoms with Crippen molar-refractivity contribution in [2.75, 3.05) is 37.7 Å². The van der Waals surface area contributed by atoms with E-state index in [1.54, 1.807) is 22.4 Å². The van der Waals surface area contributed by atoms with Gasteiger partial charge in [-0.3, -0.25) is 4.79 Å². The Labute approximate surface area is 146 Å². The molecule has 0 saturated carbocycles. The number of benzene rings is 1. The normalized spacial score (nSPS) is 15.3. The summed E-state index contributed by atoms with van der Waals surface area (Å²) in [5.41, 5.74) is -0.797. The van der Waals surface area contributed by atoms with Crippen LogP contribution in [0.1, 0.15) is 5.56 Å². The summed E-state index contributed by atoms with van der Waals surface area (Å²) in [4.78, 5) is 20.2. The van der Waals surface area contributed by atoms with Crippen LogP contribution in [0.5, 0.6) is 5.75 Å². The lowest BCUT2D eigenvalue weighted by molar-refractivity contribution is -0.137. The van der Waals surface area contributed by atoms with Crippen LogP contribution in [0.4, 0.5) is 18.3 Å². The highest BCUT2D eigenvalue weighted by Crippen LogP contribution is 2.31. The number of nitrogens with zero attached hydrogens (tertiary/aromatic N) is 3. The Kier molecular flexibility index (Phi) is 5.12. The van der Waals surface area contributed by atoms with Gasteiger partial charge in [0.15, 0.2) is 11.7 Å². The third kappa shape index (κ3) is 4.41. The largest absolute Gasteiger partial charge is 0.484 e. The maximum Gasteiger partial charge on any atom is 0.416 e. The van der Waals surface area contributed by atoms with Crippen LogP contribution in [0.15, 0.2) is 35.8 Å². The van der Waals surface area contributed by atoms with E-state index in [1.165, 1.54) is 12.1 Å². The number of hydrogen-bond acceptors (Lipinski definition) is 5. The zero-order chi connectivity index (χ0) is 17.9. The molecule has 25 heavy (non-hydrogen) atoms. The Morgan fingerprint density at radius 2 is 2.00 bits per heavy atom. The van der Waals surface area contributed by atoms with Gasteiger partial charge in [0.05, 0.1) is 5.56 Å². The van der Waals surface area contributed by atoms with Crippen molar-refractivity contribution in [3.05, 3.63) is 41.4 Å². The van der Waals surface area contributed by atoms with Crippen molar-refractivity contribution in [3.8, 4) is 5.75 Å². The molecular formula is C16H16F3N3O2S. The van der Waals surface area contributed by atoms with E-state index in [2.05, 4.69) is 9.88 Å². The summed E-state index contributed by atoms with van der Waals surface area (Å²) in [6, 6.07) is 4.53. The second kappa shape index (κ2) is 7.30. The fourth-order valence-corrected chi connectivity index (χ4v) is 3.21. The van der Waals surface area contributed by atoms with Crippen LogP contribution in [0, 0.1) is 0 Å². The number of carbonyl (C=O) groups is 1. The van der Waals surface area contributed by atoms with Gasteiger partial charge in [-0.05, 0) is 18.2 Å². The molecule has 5 nitrogen and oxygen atoms in total. The van der Waals surface area contributed by atoms with Gasteiger partial charge in [0.2, 0.25) is 0 Å². The highest BCUT2D eigenvalue weighted by Gasteiger charge is 2.30. The van der Waals surface area contributed by atoms with Crippen LogP contribution in [0.25, 0.3) is 0 Å². The predicted molar refractivity (Wildman–Crippen MR) is 87.8 cm³/mol. The summed E-state index contributed by atoms with van der Waals surface area (Å²) in [6.07, 6.45) is -2.70. The third-order valence-corrected chi connectivity index (χ3v) is 4.68. The first-order valence-electron chi connectivity index (χ1n) is 7.66. The van der Waals surface area contributed by atoms with E-state index in [4.69, 9.17) is 4.74 Å². The molecule has 0 radical (unpaired) electrons. The van der Waals surface area contributed by atoms with Crippen molar-refractivity contribution >= 4 is 22.4 Å². The standard InChI is InChI=1S/C16H16F3N3O2S/c17-16(18,19)12-2-1-3-13(10-12)24-11-14(23)21-5-7-22(8-6-21)15-20-4-9-25-15/h1-4,9-10H,5-8,11H2. The van der Waals surface area contributed by atoms with Crippen LogP contribution in [0.3, 0.4) is 0 Å². The van der Waals surface area contributed by atoms with E-state index in [9.17, 15) is 18.0 Å². The molecular weight excluding hydrogens is 355 g/mol. The Morgan fingerprint density at radius 3 is 2.64 bits per heavy atom. The Balaban J connectivity index is 1.50. The molecule has 1 aromatic heterocycles. The Morgan fingerprint density at radius 1 is 1.24 bits per heavy atom. The van der Waals surface area contributed by atoms with Crippen molar-refractivity contribution < 1.29 is 22.7 Å². The lowest BCUT2D eigenvalue weighted by Gasteiger charge is -2.34. The monoisotopic (exact) mass is 371 g/mol. The first-order chi connectivity index (χ1) is 11.9. The smallest absolute Gasteiger partial charge is 0.416 e. The van der Waals surface area contributed by atoms with Crippen LogP contribution < -0.4 is 9.64 Å². The summed E-state index contributed by atoms with van der Waals surface area (Å²) in [6.45, 7) is 2.12. The first kappa shape index (κ1) is 17.5. The SMILES string of the molecule is O=C(COc1cccc(C(F)(F)F)c1)N1CCN(c2nccs2)CC1. The van der Waals surface area contributed by atoms with Crippen molar-refractivity contribution in [2.24, 2.45) is 0 Å². The molecule has 1 fully saturated rings. The summed E-state index contributed by atoms with van der Waals surface area (Å²) < 4.78 is 43.3. The Bertz CT molecular complexity index is 714. The average Bonchev–Trinajstić information content (AvgIpc) is 3.14. The maximum absolute atomic E-state index is 12.7. The van der Waals surface area contributed by atoms with E-state index in [0.29, 0.717) is 26.2 Å². The van der Waals surface area contributed by atoms with Gasteiger partial charge < -0.3 is 14.5 Å². The molecule has 1 aliphatic heterocycles. The predicted octanol–water partition coefficient (Wildman–Crippen LogP) is 2.89. The van der Waals surface area contributed by atoms with E-state index in [0.717, 1.165) is 17.3 Å². The lowest BCUT2D eigenvalue weighted by Crippen LogP contribution is -2.50. The molecule has 1 amide bonds. The van der Waals surface area contributed by atoms with E-state index in [-0.39, 0.29) is 18.3 Å². The van der Waals surface area contributed by atoms with Crippen LogP contribution in [-0.2, 0) is 11.0 Å². The summed E-state index contributed by atoms with van der Waals surface area (Å²) in [7, 11) is 0. The molecule has 1 saturated heterocycles. The summed E-state index contributed by atoms with van der Waals surface area (Å²) >= 11 is 1.54. The topological polar surface area (TPSA) is 45.7 Å². The first-order valence-corrected chi connectivity index (χ1v) is 8.54. The van der Waals surface area contributed by atoms with E-state index in [1.807, 2.05) is 5.38 Å². The number of halogens is 3. The molecule has 0 bridgehead atoms. The molecule has 2 aromatic rings. The van der Waals surface area contributed by atoms with Gasteiger partial charge in [0.25, 0.3) is 5.91 Å². The number of aromatic nitrogens is 1. The van der Waals surface area contributed by atoms with Crippen molar-refractivity contribution in [3.63, 3.8) is 0 Å². The number of hydrogen-bond donors (Lipinski definition) is 0. The zero-order valence-electron chi connectivity index (χ0n) is 13.2. The summed E-state index contributed by atoms with van der Waals surface area (Å²) in [5, 5.41) is 2.82. The average molecular weight is 371 g/mol. The fourth-order valence-electron chi connectivity index (χ4n) is 2.52. The van der Waals surface area contributed by atoms with Gasteiger partial charge in [-0.2, -0.15) is 13.2 Å². The highest BCUT2D eigenvalue weighted by atomic mass is 32.1. The lowest BCUT2D eigenvalue weighted by atomic mass is 10.2. The fraction of sp³-hybridized carbons (Fsp3) is 0.375. The minimum Gasteiger partial charge on any atom is -0.484 e. The van der Waals surface area contributed by atoms with Gasteiger partial charge >= 0.3 is 6.18 Å². The van der Waals surface area contributed by atoms with Crippen LogP contribution >= 0.6 is 11.3 Å². The third-order valence-electron chi connectivity index (χ3n) is 3.85. The highest BCUT2D eigenvalue weighted by molar-refractivity contribution is 7.13. The minimum atomic E-state index is -4.43. The molecule has 0 N–H and O–H groups in total. The van der Waals surface area contributed by atoms with E-state index >= 15 is 0 Å². The van der Waals surface area contributed by atoms with Gasteiger partial charge in [0, 0.05) is 37.8 Å².